The van der Waals surface area contributed by atoms with Gasteiger partial charge in [0.2, 0.25) is 0 Å². The first-order chi connectivity index (χ1) is 16.1. The lowest BCUT2D eigenvalue weighted by Gasteiger charge is -2.06. The summed E-state index contributed by atoms with van der Waals surface area (Å²) in [6, 6.07) is 26.8. The van der Waals surface area contributed by atoms with Crippen LogP contribution in [0.15, 0.2) is 96.1 Å². The Hall–Kier alpha value is -4.16. The molecule has 1 N–H and O–H groups in total. The highest BCUT2D eigenvalue weighted by atomic mass is 35.5. The van der Waals surface area contributed by atoms with Gasteiger partial charge in [0.1, 0.15) is 11.5 Å². The first-order valence-electron chi connectivity index (χ1n) is 10.1. The van der Waals surface area contributed by atoms with Crippen molar-refractivity contribution in [3.8, 4) is 11.5 Å². The molecule has 6 nitrogen and oxygen atoms in total. The van der Waals surface area contributed by atoms with E-state index < -0.39 is 5.97 Å². The fraction of sp³-hybridized carbons (Fsp3) is 0.0385. The normalized spacial score (nSPS) is 10.8. The van der Waals surface area contributed by atoms with E-state index >= 15 is 0 Å². The van der Waals surface area contributed by atoms with Crippen molar-refractivity contribution in [1.29, 1.82) is 0 Å². The number of esters is 1. The second kappa shape index (κ2) is 10.4. The van der Waals surface area contributed by atoms with E-state index in [0.717, 1.165) is 10.8 Å². The number of carbonyl (C=O) groups is 2. The maximum absolute atomic E-state index is 12.2. The Balaban J connectivity index is 1.25. The molecule has 4 rings (SSSR count). The highest BCUT2D eigenvalue weighted by Crippen LogP contribution is 2.20. The molecule has 4 aromatic rings. The number of amides is 1. The van der Waals surface area contributed by atoms with Crippen LogP contribution in [0.5, 0.6) is 11.5 Å². The molecule has 0 aliphatic heterocycles. The molecule has 7 heteroatoms. The average Bonchev–Trinajstić information content (AvgIpc) is 2.83. The number of hydrazone groups is 1. The number of hydrogen-bond donors (Lipinski definition) is 1. The van der Waals surface area contributed by atoms with Crippen molar-refractivity contribution in [3.05, 3.63) is 107 Å². The van der Waals surface area contributed by atoms with E-state index in [9.17, 15) is 9.59 Å². The van der Waals surface area contributed by atoms with Crippen LogP contribution in [0.4, 0.5) is 0 Å². The number of rotatable bonds is 7. The molecular weight excluding hydrogens is 440 g/mol. The number of fused-ring (bicyclic) bond motifs is 1. The van der Waals surface area contributed by atoms with E-state index in [4.69, 9.17) is 21.1 Å². The van der Waals surface area contributed by atoms with Crippen molar-refractivity contribution in [3.63, 3.8) is 0 Å². The van der Waals surface area contributed by atoms with Crippen LogP contribution in [-0.4, -0.2) is 24.7 Å². The molecular formula is C26H19ClN2O4. The minimum Gasteiger partial charge on any atom is -0.484 e. The third-order valence-corrected chi connectivity index (χ3v) is 4.88. The summed E-state index contributed by atoms with van der Waals surface area (Å²) >= 11 is 5.90. The van der Waals surface area contributed by atoms with Crippen LogP contribution in [0.25, 0.3) is 10.8 Å². The molecule has 0 bridgehead atoms. The maximum Gasteiger partial charge on any atom is 0.343 e. The summed E-state index contributed by atoms with van der Waals surface area (Å²) in [5.41, 5.74) is 3.50. The first kappa shape index (κ1) is 22.0. The fourth-order valence-electron chi connectivity index (χ4n) is 3.02. The van der Waals surface area contributed by atoms with Gasteiger partial charge >= 0.3 is 5.97 Å². The summed E-state index contributed by atoms with van der Waals surface area (Å²) in [6.07, 6.45) is 1.48. The summed E-state index contributed by atoms with van der Waals surface area (Å²) in [6.45, 7) is -0.159. The van der Waals surface area contributed by atoms with Crippen molar-refractivity contribution < 1.29 is 19.1 Å². The Bertz CT molecular complexity index is 1320. The predicted molar refractivity (Wildman–Crippen MR) is 128 cm³/mol. The third kappa shape index (κ3) is 6.18. The molecule has 0 heterocycles. The van der Waals surface area contributed by atoms with Gasteiger partial charge in [0.05, 0.1) is 11.8 Å². The SMILES string of the molecule is O=C(COc1ccc2ccccc2c1)NN=Cc1ccc(OC(=O)c2cccc(Cl)c2)cc1. The minimum atomic E-state index is -0.502. The van der Waals surface area contributed by atoms with Gasteiger partial charge < -0.3 is 9.47 Å². The Morgan fingerprint density at radius 2 is 1.61 bits per heavy atom. The monoisotopic (exact) mass is 458 g/mol. The number of nitrogens with one attached hydrogen (secondary N) is 1. The fourth-order valence-corrected chi connectivity index (χ4v) is 3.21. The lowest BCUT2D eigenvalue weighted by atomic mass is 10.1. The van der Waals surface area contributed by atoms with Crippen LogP contribution in [0.2, 0.25) is 5.02 Å². The van der Waals surface area contributed by atoms with E-state index in [0.29, 0.717) is 27.6 Å². The van der Waals surface area contributed by atoms with Crippen molar-refractivity contribution in [2.24, 2.45) is 5.10 Å². The second-order valence-corrected chi connectivity index (χ2v) is 7.50. The summed E-state index contributed by atoms with van der Waals surface area (Å²) < 4.78 is 10.9. The topological polar surface area (TPSA) is 77.0 Å². The second-order valence-electron chi connectivity index (χ2n) is 7.06. The summed E-state index contributed by atoms with van der Waals surface area (Å²) in [7, 11) is 0. The average molecular weight is 459 g/mol. The van der Waals surface area contributed by atoms with Gasteiger partial charge in [0, 0.05) is 5.02 Å². The van der Waals surface area contributed by atoms with Crippen LogP contribution in [0.3, 0.4) is 0 Å². The standard InChI is InChI=1S/C26H19ClN2O4/c27-22-7-3-6-21(14-22)26(31)33-23-11-8-18(9-12-23)16-28-29-25(30)17-32-24-13-10-19-4-1-2-5-20(19)15-24/h1-16H,17H2,(H,29,30). The van der Waals surface area contributed by atoms with Gasteiger partial charge in [-0.15, -0.1) is 0 Å². The zero-order valence-corrected chi connectivity index (χ0v) is 18.2. The van der Waals surface area contributed by atoms with Gasteiger partial charge in [-0.3, -0.25) is 4.79 Å². The Morgan fingerprint density at radius 3 is 2.39 bits per heavy atom. The molecule has 0 aromatic heterocycles. The highest BCUT2D eigenvalue weighted by Gasteiger charge is 2.09. The molecule has 0 spiro atoms. The largest absolute Gasteiger partial charge is 0.484 e. The van der Waals surface area contributed by atoms with Crippen molar-refractivity contribution in [2.75, 3.05) is 6.61 Å². The molecule has 0 unspecified atom stereocenters. The zero-order chi connectivity index (χ0) is 23.0. The van der Waals surface area contributed by atoms with Crippen LogP contribution < -0.4 is 14.9 Å². The van der Waals surface area contributed by atoms with Gasteiger partial charge in [-0.25, -0.2) is 10.2 Å². The lowest BCUT2D eigenvalue weighted by Crippen LogP contribution is -2.24. The Morgan fingerprint density at radius 1 is 0.848 bits per heavy atom. The quantitative estimate of drug-likeness (QED) is 0.178. The zero-order valence-electron chi connectivity index (χ0n) is 17.4. The lowest BCUT2D eigenvalue weighted by molar-refractivity contribution is -0.123. The molecule has 0 saturated carbocycles. The molecule has 0 atom stereocenters. The minimum absolute atomic E-state index is 0.159. The van der Waals surface area contributed by atoms with E-state index in [-0.39, 0.29) is 12.5 Å². The molecule has 0 saturated heterocycles. The van der Waals surface area contributed by atoms with Crippen LogP contribution in [0, 0.1) is 0 Å². The van der Waals surface area contributed by atoms with Crippen LogP contribution in [-0.2, 0) is 4.79 Å². The van der Waals surface area contributed by atoms with Crippen LogP contribution in [0.1, 0.15) is 15.9 Å². The highest BCUT2D eigenvalue weighted by molar-refractivity contribution is 6.30. The molecule has 33 heavy (non-hydrogen) atoms. The smallest absolute Gasteiger partial charge is 0.343 e. The van der Waals surface area contributed by atoms with E-state index in [2.05, 4.69) is 10.5 Å². The Labute approximate surface area is 195 Å². The van der Waals surface area contributed by atoms with Crippen LogP contribution >= 0.6 is 11.6 Å². The van der Waals surface area contributed by atoms with Gasteiger partial charge in [-0.2, -0.15) is 5.10 Å². The molecule has 164 valence electrons. The molecule has 0 radical (unpaired) electrons. The first-order valence-corrected chi connectivity index (χ1v) is 10.5. The molecule has 4 aromatic carbocycles. The van der Waals surface area contributed by atoms with Gasteiger partial charge in [-0.05, 0) is 70.9 Å². The summed E-state index contributed by atoms with van der Waals surface area (Å²) in [5, 5.41) is 6.52. The van der Waals surface area contributed by atoms with E-state index in [1.807, 2.05) is 42.5 Å². The third-order valence-electron chi connectivity index (χ3n) is 4.64. The molecule has 0 fully saturated rings. The van der Waals surface area contributed by atoms with E-state index in [1.54, 1.807) is 42.5 Å². The summed E-state index contributed by atoms with van der Waals surface area (Å²) in [5.74, 6) is 0.102. The molecule has 1 amide bonds. The van der Waals surface area contributed by atoms with Crippen molar-refractivity contribution in [1.82, 2.24) is 5.43 Å². The number of hydrogen-bond acceptors (Lipinski definition) is 5. The van der Waals surface area contributed by atoms with Gasteiger partial charge in [0.25, 0.3) is 5.91 Å². The van der Waals surface area contributed by atoms with Crippen molar-refractivity contribution in [2.45, 2.75) is 0 Å². The molecule has 0 aliphatic carbocycles. The number of ether oxygens (including phenoxy) is 2. The number of carbonyl (C=O) groups excluding carboxylic acids is 2. The number of benzene rings is 4. The Kier molecular flexibility index (Phi) is 6.97. The molecule has 0 aliphatic rings. The van der Waals surface area contributed by atoms with E-state index in [1.165, 1.54) is 12.3 Å². The predicted octanol–water partition coefficient (Wildman–Crippen LogP) is 5.24. The van der Waals surface area contributed by atoms with Gasteiger partial charge in [-0.1, -0.05) is 48.0 Å². The van der Waals surface area contributed by atoms with Crippen molar-refractivity contribution >= 4 is 40.5 Å². The van der Waals surface area contributed by atoms with Gasteiger partial charge in [0.15, 0.2) is 6.61 Å². The maximum atomic E-state index is 12.2. The number of halogens is 1. The summed E-state index contributed by atoms with van der Waals surface area (Å²) in [4.78, 5) is 24.1. The number of nitrogens with zero attached hydrogens (tertiary/aromatic N) is 1.